The maximum atomic E-state index is 8.89. The second-order valence-corrected chi connectivity index (χ2v) is 6.26. The van der Waals surface area contributed by atoms with Crippen molar-refractivity contribution in [2.45, 2.75) is 58.4 Å². The summed E-state index contributed by atoms with van der Waals surface area (Å²) in [5, 5.41) is 12.6. The number of nitrogens with two attached hydrogens (primary N) is 1. The second-order valence-electron chi connectivity index (χ2n) is 6.26. The van der Waals surface area contributed by atoms with Gasteiger partial charge in [-0.25, -0.2) is 0 Å². The van der Waals surface area contributed by atoms with Gasteiger partial charge in [0.15, 0.2) is 0 Å². The lowest BCUT2D eigenvalue weighted by atomic mass is 9.82. The summed E-state index contributed by atoms with van der Waals surface area (Å²) < 4.78 is 0. The predicted octanol–water partition coefficient (Wildman–Crippen LogP) is 1.89. The predicted molar refractivity (Wildman–Crippen MR) is 72.9 cm³/mol. The van der Waals surface area contributed by atoms with Gasteiger partial charge >= 0.3 is 0 Å². The molecule has 0 saturated heterocycles. The van der Waals surface area contributed by atoms with Crippen molar-refractivity contribution in [3.8, 4) is 0 Å². The molecule has 1 fully saturated rings. The van der Waals surface area contributed by atoms with Gasteiger partial charge in [-0.3, -0.25) is 0 Å². The molecular formula is C14H30N2O. The van der Waals surface area contributed by atoms with Crippen LogP contribution in [-0.4, -0.2) is 30.8 Å². The molecule has 0 aliphatic heterocycles. The van der Waals surface area contributed by atoms with E-state index >= 15 is 0 Å². The summed E-state index contributed by atoms with van der Waals surface area (Å²) >= 11 is 0. The van der Waals surface area contributed by atoms with Crippen molar-refractivity contribution in [2.75, 3.05) is 19.7 Å². The van der Waals surface area contributed by atoms with E-state index in [0.29, 0.717) is 18.6 Å². The van der Waals surface area contributed by atoms with Gasteiger partial charge in [0.25, 0.3) is 0 Å². The lowest BCUT2D eigenvalue weighted by Gasteiger charge is -2.35. The molecule has 2 unspecified atom stereocenters. The Morgan fingerprint density at radius 2 is 2.00 bits per heavy atom. The van der Waals surface area contributed by atoms with E-state index in [1.54, 1.807) is 0 Å². The molecule has 4 N–H and O–H groups in total. The van der Waals surface area contributed by atoms with Crippen molar-refractivity contribution in [1.29, 1.82) is 0 Å². The first-order chi connectivity index (χ1) is 8.09. The molecule has 0 amide bonds. The number of aliphatic hydroxyl groups excluding tert-OH is 1. The topological polar surface area (TPSA) is 58.3 Å². The summed E-state index contributed by atoms with van der Waals surface area (Å²) in [6.07, 6.45) is 7.22. The highest BCUT2D eigenvalue weighted by molar-refractivity contribution is 4.83. The third-order valence-electron chi connectivity index (χ3n) is 4.07. The maximum Gasteiger partial charge on any atom is 0.0431 e. The van der Waals surface area contributed by atoms with Crippen molar-refractivity contribution in [3.05, 3.63) is 0 Å². The number of hydrogen-bond donors (Lipinski definition) is 3. The van der Waals surface area contributed by atoms with Crippen LogP contribution in [0, 0.1) is 11.3 Å². The molecule has 0 aromatic carbocycles. The summed E-state index contributed by atoms with van der Waals surface area (Å²) in [4.78, 5) is 0. The van der Waals surface area contributed by atoms with Crippen LogP contribution in [0.1, 0.15) is 52.4 Å². The fourth-order valence-electron chi connectivity index (χ4n) is 2.81. The third kappa shape index (κ3) is 5.36. The third-order valence-corrected chi connectivity index (χ3v) is 4.07. The minimum Gasteiger partial charge on any atom is -0.396 e. The fraction of sp³-hybridized carbons (Fsp3) is 1.00. The normalized spacial score (nSPS) is 26.1. The summed E-state index contributed by atoms with van der Waals surface area (Å²) in [5.74, 6) is 0.664. The molecule has 1 aliphatic carbocycles. The van der Waals surface area contributed by atoms with Crippen molar-refractivity contribution in [2.24, 2.45) is 17.1 Å². The lowest BCUT2D eigenvalue weighted by Crippen LogP contribution is -2.45. The molecule has 0 bridgehead atoms. The van der Waals surface area contributed by atoms with Crippen molar-refractivity contribution in [1.82, 2.24) is 5.32 Å². The van der Waals surface area contributed by atoms with Crippen LogP contribution >= 0.6 is 0 Å². The van der Waals surface area contributed by atoms with Crippen LogP contribution in [0.5, 0.6) is 0 Å². The Balaban J connectivity index is 2.32. The van der Waals surface area contributed by atoms with Gasteiger partial charge < -0.3 is 16.2 Å². The number of aliphatic hydroxyl groups is 1. The van der Waals surface area contributed by atoms with Crippen molar-refractivity contribution in [3.63, 3.8) is 0 Å². The zero-order chi connectivity index (χ0) is 12.7. The van der Waals surface area contributed by atoms with Gasteiger partial charge in [0.05, 0.1) is 0 Å². The first-order valence-electron chi connectivity index (χ1n) is 7.13. The highest BCUT2D eigenvalue weighted by Gasteiger charge is 2.26. The van der Waals surface area contributed by atoms with Crippen LogP contribution in [0.25, 0.3) is 0 Å². The Morgan fingerprint density at radius 1 is 1.29 bits per heavy atom. The van der Waals surface area contributed by atoms with Gasteiger partial charge in [-0.2, -0.15) is 0 Å². The van der Waals surface area contributed by atoms with Gasteiger partial charge in [-0.05, 0) is 43.6 Å². The van der Waals surface area contributed by atoms with Gasteiger partial charge in [0.1, 0.15) is 0 Å². The van der Waals surface area contributed by atoms with E-state index in [4.69, 9.17) is 10.8 Å². The van der Waals surface area contributed by atoms with Crippen molar-refractivity contribution < 1.29 is 5.11 Å². The molecule has 102 valence electrons. The smallest absolute Gasteiger partial charge is 0.0431 e. The molecule has 3 nitrogen and oxygen atoms in total. The van der Waals surface area contributed by atoms with Crippen LogP contribution in [-0.2, 0) is 0 Å². The van der Waals surface area contributed by atoms with E-state index in [0.717, 1.165) is 25.9 Å². The van der Waals surface area contributed by atoms with E-state index in [-0.39, 0.29) is 5.41 Å². The molecule has 0 radical (unpaired) electrons. The standard InChI is InChI=1S/C14H30N2O/c1-14(2,8-5-9-17)11-16-13-7-4-3-6-12(13)10-15/h12-13,16-17H,3-11,15H2,1-2H3. The first kappa shape index (κ1) is 14.9. The second kappa shape index (κ2) is 7.34. The zero-order valence-electron chi connectivity index (χ0n) is 11.5. The average Bonchev–Trinajstić information content (AvgIpc) is 2.34. The molecule has 1 aliphatic rings. The number of nitrogens with one attached hydrogen (secondary N) is 1. The molecule has 1 saturated carbocycles. The van der Waals surface area contributed by atoms with Crippen LogP contribution in [0.4, 0.5) is 0 Å². The SMILES string of the molecule is CC(C)(CCCO)CNC1CCCCC1CN. The van der Waals surface area contributed by atoms with Crippen LogP contribution < -0.4 is 11.1 Å². The summed E-state index contributed by atoms with van der Waals surface area (Å²) in [6.45, 7) is 6.70. The van der Waals surface area contributed by atoms with Gasteiger partial charge in [0, 0.05) is 19.2 Å². The van der Waals surface area contributed by atoms with E-state index in [9.17, 15) is 0 Å². The molecule has 0 aromatic rings. The van der Waals surface area contributed by atoms with Gasteiger partial charge in [-0.15, -0.1) is 0 Å². The Morgan fingerprint density at radius 3 is 2.65 bits per heavy atom. The Bertz CT molecular complexity index is 206. The Hall–Kier alpha value is -0.120. The molecule has 3 heteroatoms. The fourth-order valence-corrected chi connectivity index (χ4v) is 2.81. The zero-order valence-corrected chi connectivity index (χ0v) is 11.5. The number of rotatable bonds is 7. The van der Waals surface area contributed by atoms with Gasteiger partial charge in [0.2, 0.25) is 0 Å². The Kier molecular flexibility index (Phi) is 6.45. The molecule has 0 heterocycles. The lowest BCUT2D eigenvalue weighted by molar-refractivity contribution is 0.206. The largest absolute Gasteiger partial charge is 0.396 e. The highest BCUT2D eigenvalue weighted by Crippen LogP contribution is 2.26. The van der Waals surface area contributed by atoms with E-state index < -0.39 is 0 Å². The molecule has 17 heavy (non-hydrogen) atoms. The molecule has 0 spiro atoms. The minimum atomic E-state index is 0.277. The van der Waals surface area contributed by atoms with Gasteiger partial charge in [-0.1, -0.05) is 26.7 Å². The molecule has 2 atom stereocenters. The van der Waals surface area contributed by atoms with Crippen molar-refractivity contribution >= 4 is 0 Å². The quantitative estimate of drug-likeness (QED) is 0.639. The first-order valence-corrected chi connectivity index (χ1v) is 7.13. The minimum absolute atomic E-state index is 0.277. The van der Waals surface area contributed by atoms with E-state index in [1.165, 1.54) is 25.7 Å². The summed E-state index contributed by atoms with van der Waals surface area (Å²) in [5.41, 5.74) is 6.12. The highest BCUT2D eigenvalue weighted by atomic mass is 16.2. The van der Waals surface area contributed by atoms with Crippen LogP contribution in [0.2, 0.25) is 0 Å². The summed E-state index contributed by atoms with van der Waals surface area (Å²) in [6, 6.07) is 0.613. The van der Waals surface area contributed by atoms with E-state index in [1.807, 2.05) is 0 Å². The van der Waals surface area contributed by atoms with Crippen LogP contribution in [0.15, 0.2) is 0 Å². The molecular weight excluding hydrogens is 212 g/mol. The maximum absolute atomic E-state index is 8.89. The van der Waals surface area contributed by atoms with E-state index in [2.05, 4.69) is 19.2 Å². The monoisotopic (exact) mass is 242 g/mol. The Labute approximate surface area is 106 Å². The van der Waals surface area contributed by atoms with Crippen LogP contribution in [0.3, 0.4) is 0 Å². The molecule has 0 aromatic heterocycles. The average molecular weight is 242 g/mol. The summed E-state index contributed by atoms with van der Waals surface area (Å²) in [7, 11) is 0. The molecule has 1 rings (SSSR count). The number of hydrogen-bond acceptors (Lipinski definition) is 3.